The number of nitrogens with zero attached hydrogens (tertiary/aromatic N) is 2. The van der Waals surface area contributed by atoms with Gasteiger partial charge in [0, 0.05) is 36.9 Å². The minimum absolute atomic E-state index is 0. The Labute approximate surface area is 176 Å². The van der Waals surface area contributed by atoms with E-state index in [2.05, 4.69) is 22.2 Å². The predicted octanol–water partition coefficient (Wildman–Crippen LogP) is 3.87. The van der Waals surface area contributed by atoms with Gasteiger partial charge in [0.2, 0.25) is 5.91 Å². The quantitative estimate of drug-likeness (QED) is 0.814. The van der Waals surface area contributed by atoms with Crippen molar-refractivity contribution in [2.45, 2.75) is 13.0 Å². The normalized spacial score (nSPS) is 24.2. The topological polar surface area (TPSA) is 35.6 Å². The molecule has 0 aliphatic carbocycles. The van der Waals surface area contributed by atoms with E-state index in [9.17, 15) is 13.6 Å². The van der Waals surface area contributed by atoms with Crippen LogP contribution in [-0.2, 0) is 4.79 Å². The second-order valence-corrected chi connectivity index (χ2v) is 8.02. The molecule has 7 heteroatoms. The summed E-state index contributed by atoms with van der Waals surface area (Å²) >= 11 is 0. The van der Waals surface area contributed by atoms with Crippen LogP contribution in [0.25, 0.3) is 0 Å². The summed E-state index contributed by atoms with van der Waals surface area (Å²) in [4.78, 5) is 16.9. The number of hydrogen-bond donors (Lipinski definition) is 1. The van der Waals surface area contributed by atoms with E-state index in [0.29, 0.717) is 23.1 Å². The second-order valence-electron chi connectivity index (χ2n) is 8.02. The minimum Gasteiger partial charge on any atom is -0.325 e. The number of carbonyl (C=O) groups is 1. The van der Waals surface area contributed by atoms with Crippen LogP contribution in [0.3, 0.4) is 0 Å². The van der Waals surface area contributed by atoms with Crippen molar-refractivity contribution in [1.82, 2.24) is 9.80 Å². The van der Waals surface area contributed by atoms with Gasteiger partial charge in [0.1, 0.15) is 11.6 Å². The van der Waals surface area contributed by atoms with Gasteiger partial charge >= 0.3 is 0 Å². The number of likely N-dealkylation sites (tertiary alicyclic amines) is 2. The summed E-state index contributed by atoms with van der Waals surface area (Å²) in [6, 6.07) is 11.7. The van der Waals surface area contributed by atoms with E-state index in [1.54, 1.807) is 31.2 Å². The summed E-state index contributed by atoms with van der Waals surface area (Å²) < 4.78 is 27.4. The first-order valence-electron chi connectivity index (χ1n) is 9.65. The number of fused-ring (bicyclic) bond motifs is 1. The van der Waals surface area contributed by atoms with E-state index in [4.69, 9.17) is 0 Å². The number of rotatable bonds is 4. The monoisotopic (exact) mass is 421 g/mol. The van der Waals surface area contributed by atoms with Gasteiger partial charge in [-0.1, -0.05) is 18.2 Å². The highest BCUT2D eigenvalue weighted by molar-refractivity contribution is 5.93. The van der Waals surface area contributed by atoms with Crippen molar-refractivity contribution in [3.8, 4) is 0 Å². The average molecular weight is 422 g/mol. The summed E-state index contributed by atoms with van der Waals surface area (Å²) in [6.45, 7) is 4.52. The third-order valence-electron chi connectivity index (χ3n) is 6.07. The first kappa shape index (κ1) is 21.7. The second kappa shape index (κ2) is 8.78. The first-order valence-corrected chi connectivity index (χ1v) is 9.65. The molecule has 4 rings (SSSR count). The van der Waals surface area contributed by atoms with Crippen LogP contribution in [0, 0.1) is 30.4 Å². The molecular formula is C22H26ClF2N3O. The maximum absolute atomic E-state index is 13.7. The van der Waals surface area contributed by atoms with Crippen molar-refractivity contribution in [2.75, 3.05) is 38.5 Å². The van der Waals surface area contributed by atoms with Crippen LogP contribution in [0.2, 0.25) is 0 Å². The fraction of sp³-hybridized carbons (Fsp3) is 0.409. The molecule has 0 unspecified atom stereocenters. The lowest BCUT2D eigenvalue weighted by atomic mass is 9.89. The summed E-state index contributed by atoms with van der Waals surface area (Å²) in [5.41, 5.74) is 1.96. The number of halogens is 3. The highest BCUT2D eigenvalue weighted by Crippen LogP contribution is 2.44. The van der Waals surface area contributed by atoms with Crippen molar-refractivity contribution < 1.29 is 13.6 Å². The molecule has 3 atom stereocenters. The zero-order valence-corrected chi connectivity index (χ0v) is 17.4. The van der Waals surface area contributed by atoms with Crippen molar-refractivity contribution in [1.29, 1.82) is 0 Å². The van der Waals surface area contributed by atoms with Gasteiger partial charge in [0.15, 0.2) is 0 Å². The van der Waals surface area contributed by atoms with Gasteiger partial charge in [-0.2, -0.15) is 0 Å². The lowest BCUT2D eigenvalue weighted by Gasteiger charge is -2.26. The Kier molecular flexibility index (Phi) is 6.56. The summed E-state index contributed by atoms with van der Waals surface area (Å²) in [5.74, 6) is 0.158. The predicted molar refractivity (Wildman–Crippen MR) is 112 cm³/mol. The van der Waals surface area contributed by atoms with Crippen LogP contribution < -0.4 is 5.32 Å². The van der Waals surface area contributed by atoms with E-state index < -0.39 is 0 Å². The molecule has 2 saturated heterocycles. The molecule has 0 bridgehead atoms. The number of hydrogen-bond acceptors (Lipinski definition) is 3. The van der Waals surface area contributed by atoms with Crippen LogP contribution in [0.5, 0.6) is 0 Å². The van der Waals surface area contributed by atoms with Gasteiger partial charge in [-0.05, 0) is 55.6 Å². The maximum atomic E-state index is 13.7. The number of nitrogens with one attached hydrogen (secondary N) is 1. The van der Waals surface area contributed by atoms with Crippen LogP contribution in [0.4, 0.5) is 14.5 Å². The highest BCUT2D eigenvalue weighted by Gasteiger charge is 2.46. The first-order chi connectivity index (χ1) is 13.4. The molecule has 4 nitrogen and oxygen atoms in total. The largest absolute Gasteiger partial charge is 0.325 e. The van der Waals surface area contributed by atoms with Gasteiger partial charge in [-0.25, -0.2) is 8.78 Å². The fourth-order valence-electron chi connectivity index (χ4n) is 4.81. The van der Waals surface area contributed by atoms with Gasteiger partial charge in [0.25, 0.3) is 0 Å². The summed E-state index contributed by atoms with van der Waals surface area (Å²) in [6.07, 6.45) is 0. The molecule has 2 aliphatic heterocycles. The molecule has 2 aliphatic rings. The van der Waals surface area contributed by atoms with Crippen LogP contribution in [0.1, 0.15) is 17.2 Å². The van der Waals surface area contributed by atoms with Crippen LogP contribution in [-0.4, -0.2) is 48.9 Å². The molecule has 2 aromatic carbocycles. The molecule has 0 spiro atoms. The Balaban J connectivity index is 0.00000240. The lowest BCUT2D eigenvalue weighted by molar-refractivity contribution is -0.117. The number of amides is 1. The molecule has 2 aromatic rings. The van der Waals surface area contributed by atoms with E-state index >= 15 is 0 Å². The standard InChI is InChI=1S/C22H25F2N3O.ClH/c1-14-19(24)7-4-8-20(14)25-21(28)13-27-11-16-10-26(2)22(18(16)12-27)15-5-3-6-17(23)9-15;/h3-9,16,18,22H,10-13H2,1-2H3,(H,25,28);1H/t16-,18+,22-;/m0./s1. The molecule has 29 heavy (non-hydrogen) atoms. The van der Waals surface area contributed by atoms with E-state index in [-0.39, 0.29) is 42.5 Å². The molecule has 156 valence electrons. The van der Waals surface area contributed by atoms with Crippen LogP contribution >= 0.6 is 12.4 Å². The Morgan fingerprint density at radius 2 is 1.90 bits per heavy atom. The average Bonchev–Trinajstić information content (AvgIpc) is 3.14. The van der Waals surface area contributed by atoms with Crippen molar-refractivity contribution in [3.05, 3.63) is 65.2 Å². The molecule has 0 aromatic heterocycles. The van der Waals surface area contributed by atoms with Crippen LogP contribution in [0.15, 0.2) is 42.5 Å². The third kappa shape index (κ3) is 4.44. The molecule has 1 N–H and O–H groups in total. The molecule has 1 amide bonds. The Bertz CT molecular complexity index is 894. The summed E-state index contributed by atoms with van der Waals surface area (Å²) in [5, 5.41) is 2.82. The Hall–Kier alpha value is -2.02. The number of carbonyl (C=O) groups excluding carboxylic acids is 1. The minimum atomic E-state index is -0.325. The van der Waals surface area contributed by atoms with E-state index in [1.165, 1.54) is 12.1 Å². The van der Waals surface area contributed by atoms with Gasteiger partial charge in [-0.3, -0.25) is 14.6 Å². The zero-order valence-electron chi connectivity index (χ0n) is 16.6. The molecular weight excluding hydrogens is 396 g/mol. The van der Waals surface area contributed by atoms with E-state index in [1.807, 2.05) is 6.07 Å². The van der Waals surface area contributed by atoms with Gasteiger partial charge < -0.3 is 5.32 Å². The SMILES string of the molecule is Cc1c(F)cccc1NC(=O)CN1C[C@@H]2CN(C)[C@@H](c3cccc(F)c3)[C@@H]2C1.Cl. The highest BCUT2D eigenvalue weighted by atomic mass is 35.5. The number of benzene rings is 2. The molecule has 2 fully saturated rings. The fourth-order valence-corrected chi connectivity index (χ4v) is 4.81. The zero-order chi connectivity index (χ0) is 19.8. The van der Waals surface area contributed by atoms with Crippen molar-refractivity contribution >= 4 is 24.0 Å². The van der Waals surface area contributed by atoms with Gasteiger partial charge in [0.05, 0.1) is 6.54 Å². The smallest absolute Gasteiger partial charge is 0.238 e. The Morgan fingerprint density at radius 1 is 1.14 bits per heavy atom. The third-order valence-corrected chi connectivity index (χ3v) is 6.07. The summed E-state index contributed by atoms with van der Waals surface area (Å²) in [7, 11) is 2.08. The maximum Gasteiger partial charge on any atom is 0.238 e. The lowest BCUT2D eigenvalue weighted by Crippen LogP contribution is -2.35. The van der Waals surface area contributed by atoms with Gasteiger partial charge in [-0.15, -0.1) is 12.4 Å². The molecule has 0 radical (unpaired) electrons. The van der Waals surface area contributed by atoms with E-state index in [0.717, 1.165) is 25.2 Å². The number of anilines is 1. The Morgan fingerprint density at radius 3 is 2.66 bits per heavy atom. The van der Waals surface area contributed by atoms with Crippen molar-refractivity contribution in [3.63, 3.8) is 0 Å². The molecule has 0 saturated carbocycles. The molecule has 2 heterocycles. The van der Waals surface area contributed by atoms with Crippen molar-refractivity contribution in [2.24, 2.45) is 11.8 Å².